The number of ether oxygens (including phenoxy) is 1. The summed E-state index contributed by atoms with van der Waals surface area (Å²) in [6, 6.07) is 7.35. The number of piperazine rings is 1. The van der Waals surface area contributed by atoms with Gasteiger partial charge in [0.1, 0.15) is 5.60 Å². The van der Waals surface area contributed by atoms with Gasteiger partial charge >= 0.3 is 6.09 Å². The predicted molar refractivity (Wildman–Crippen MR) is 94.8 cm³/mol. The Morgan fingerprint density at radius 3 is 2.50 bits per heavy atom. The molecule has 2 amide bonds. The van der Waals surface area contributed by atoms with E-state index in [0.29, 0.717) is 25.2 Å². The van der Waals surface area contributed by atoms with E-state index in [9.17, 15) is 9.59 Å². The average molecular weight is 330 g/mol. The smallest absolute Gasteiger partial charge is 0.410 e. The lowest BCUT2D eigenvalue weighted by atomic mass is 10.0. The summed E-state index contributed by atoms with van der Waals surface area (Å²) in [5.41, 5.74) is 0.949. The summed E-state index contributed by atoms with van der Waals surface area (Å²) in [6.07, 6.45) is 1.36. The van der Waals surface area contributed by atoms with Gasteiger partial charge in [0.2, 0.25) is 0 Å². The molecule has 5 nitrogen and oxygen atoms in total. The van der Waals surface area contributed by atoms with Crippen LogP contribution in [0.1, 0.15) is 43.6 Å². The van der Waals surface area contributed by atoms with Gasteiger partial charge in [-0.05, 0) is 39.3 Å². The van der Waals surface area contributed by atoms with Crippen molar-refractivity contribution in [1.29, 1.82) is 0 Å². The van der Waals surface area contributed by atoms with E-state index in [-0.39, 0.29) is 18.0 Å². The first-order valence-electron chi connectivity index (χ1n) is 8.23. The molecule has 0 radical (unpaired) electrons. The Morgan fingerprint density at radius 2 is 1.92 bits per heavy atom. The molecule has 0 bridgehead atoms. The second-order valence-electron chi connectivity index (χ2n) is 7.07. The van der Waals surface area contributed by atoms with Crippen LogP contribution in [-0.2, 0) is 4.74 Å². The predicted octanol–water partition coefficient (Wildman–Crippen LogP) is 3.41. The summed E-state index contributed by atoms with van der Waals surface area (Å²) in [5.74, 6) is -0.0261. The van der Waals surface area contributed by atoms with Gasteiger partial charge in [-0.3, -0.25) is 4.79 Å². The quantitative estimate of drug-likeness (QED) is 0.835. The van der Waals surface area contributed by atoms with Crippen LogP contribution in [0.3, 0.4) is 0 Å². The number of nitrogens with zero attached hydrogens (tertiary/aromatic N) is 2. The maximum Gasteiger partial charge on any atom is 0.410 e. The van der Waals surface area contributed by atoms with Gasteiger partial charge in [-0.15, -0.1) is 0 Å². The van der Waals surface area contributed by atoms with Crippen LogP contribution in [-0.4, -0.2) is 53.1 Å². The highest BCUT2D eigenvalue weighted by Gasteiger charge is 2.32. The highest BCUT2D eigenvalue weighted by Crippen LogP contribution is 2.19. The first kappa shape index (κ1) is 18.0. The molecular weight excluding hydrogens is 304 g/mol. The molecule has 1 aromatic rings. The summed E-state index contributed by atoms with van der Waals surface area (Å²) >= 11 is 0. The molecule has 1 aromatic carbocycles. The van der Waals surface area contributed by atoms with Crippen LogP contribution in [0.15, 0.2) is 30.8 Å². The van der Waals surface area contributed by atoms with Crippen molar-refractivity contribution >= 4 is 18.1 Å². The molecule has 1 aliphatic heterocycles. The largest absolute Gasteiger partial charge is 0.444 e. The lowest BCUT2D eigenvalue weighted by Gasteiger charge is -2.40. The number of hydrogen-bond donors (Lipinski definition) is 0. The van der Waals surface area contributed by atoms with Crippen molar-refractivity contribution in [2.75, 3.05) is 19.6 Å². The summed E-state index contributed by atoms with van der Waals surface area (Å²) < 4.78 is 5.41. The van der Waals surface area contributed by atoms with Crippen molar-refractivity contribution in [3.8, 4) is 0 Å². The standard InChI is InChI=1S/C19H26N2O3/c1-6-15-9-7-8-10-16(15)17(22)21-12-11-20(13-14(21)2)18(23)24-19(3,4)5/h6-10,14H,1,11-13H2,2-5H3. The third-order valence-electron chi connectivity index (χ3n) is 3.95. The molecular formula is C19H26N2O3. The van der Waals surface area contributed by atoms with Gasteiger partial charge in [0.25, 0.3) is 5.91 Å². The van der Waals surface area contributed by atoms with Crippen molar-refractivity contribution in [3.63, 3.8) is 0 Å². The molecule has 1 saturated heterocycles. The average Bonchev–Trinajstić information content (AvgIpc) is 2.52. The number of hydrogen-bond acceptors (Lipinski definition) is 3. The van der Waals surface area contributed by atoms with Gasteiger partial charge in [-0.2, -0.15) is 0 Å². The highest BCUT2D eigenvalue weighted by atomic mass is 16.6. The zero-order chi connectivity index (χ0) is 17.9. The van der Waals surface area contributed by atoms with Crippen LogP contribution in [0.4, 0.5) is 4.79 Å². The normalized spacial score (nSPS) is 18.2. The summed E-state index contributed by atoms with van der Waals surface area (Å²) in [4.78, 5) is 28.5. The molecule has 0 saturated carbocycles. The molecule has 1 unspecified atom stereocenters. The van der Waals surface area contributed by atoms with Gasteiger partial charge in [0, 0.05) is 31.2 Å². The third kappa shape index (κ3) is 4.16. The molecule has 0 N–H and O–H groups in total. The van der Waals surface area contributed by atoms with Crippen LogP contribution >= 0.6 is 0 Å². The Kier molecular flexibility index (Phi) is 5.32. The Morgan fingerprint density at radius 1 is 1.25 bits per heavy atom. The minimum absolute atomic E-state index is 0.0261. The second-order valence-corrected chi connectivity index (χ2v) is 7.07. The van der Waals surface area contributed by atoms with Gasteiger partial charge in [0.15, 0.2) is 0 Å². The molecule has 130 valence electrons. The van der Waals surface area contributed by atoms with E-state index in [0.717, 1.165) is 5.56 Å². The second kappa shape index (κ2) is 7.07. The monoisotopic (exact) mass is 330 g/mol. The SMILES string of the molecule is C=Cc1ccccc1C(=O)N1CCN(C(=O)OC(C)(C)C)CC1C. The van der Waals surface area contributed by atoms with Crippen molar-refractivity contribution < 1.29 is 14.3 Å². The van der Waals surface area contributed by atoms with E-state index in [1.807, 2.05) is 56.9 Å². The van der Waals surface area contributed by atoms with E-state index >= 15 is 0 Å². The summed E-state index contributed by atoms with van der Waals surface area (Å²) in [7, 11) is 0. The molecule has 0 aromatic heterocycles. The zero-order valence-corrected chi connectivity index (χ0v) is 14.9. The maximum absolute atomic E-state index is 12.8. The fourth-order valence-electron chi connectivity index (χ4n) is 2.78. The number of benzene rings is 1. The molecule has 0 aliphatic carbocycles. The Labute approximate surface area is 143 Å². The van der Waals surface area contributed by atoms with Crippen LogP contribution in [0.5, 0.6) is 0 Å². The highest BCUT2D eigenvalue weighted by molar-refractivity contribution is 5.98. The van der Waals surface area contributed by atoms with Gasteiger partial charge < -0.3 is 14.5 Å². The fourth-order valence-corrected chi connectivity index (χ4v) is 2.78. The van der Waals surface area contributed by atoms with Crippen LogP contribution in [0.25, 0.3) is 6.08 Å². The molecule has 1 atom stereocenters. The minimum atomic E-state index is -0.518. The van der Waals surface area contributed by atoms with Crippen molar-refractivity contribution in [1.82, 2.24) is 9.80 Å². The molecule has 1 aliphatic rings. The molecule has 1 fully saturated rings. The molecule has 2 rings (SSSR count). The van der Waals surface area contributed by atoms with E-state index in [1.165, 1.54) is 0 Å². The topological polar surface area (TPSA) is 49.9 Å². The molecule has 0 spiro atoms. The summed E-state index contributed by atoms with van der Waals surface area (Å²) in [6.45, 7) is 12.7. The van der Waals surface area contributed by atoms with Crippen LogP contribution in [0.2, 0.25) is 0 Å². The van der Waals surface area contributed by atoms with E-state index in [4.69, 9.17) is 4.74 Å². The lowest BCUT2D eigenvalue weighted by molar-refractivity contribution is 0.00616. The number of rotatable bonds is 2. The van der Waals surface area contributed by atoms with Gasteiger partial charge in [-0.25, -0.2) is 4.79 Å². The molecule has 24 heavy (non-hydrogen) atoms. The molecule has 5 heteroatoms. The first-order chi connectivity index (χ1) is 11.2. The van der Waals surface area contributed by atoms with E-state index in [1.54, 1.807) is 11.0 Å². The van der Waals surface area contributed by atoms with Crippen molar-refractivity contribution in [3.05, 3.63) is 42.0 Å². The fraction of sp³-hybridized carbons (Fsp3) is 0.474. The zero-order valence-electron chi connectivity index (χ0n) is 14.9. The Balaban J connectivity index is 2.07. The summed E-state index contributed by atoms with van der Waals surface area (Å²) in [5, 5.41) is 0. The lowest BCUT2D eigenvalue weighted by Crippen LogP contribution is -2.56. The van der Waals surface area contributed by atoms with Crippen LogP contribution in [0, 0.1) is 0 Å². The van der Waals surface area contributed by atoms with Gasteiger partial charge in [0.05, 0.1) is 0 Å². The Hall–Kier alpha value is -2.30. The number of amides is 2. The van der Waals surface area contributed by atoms with Crippen LogP contribution < -0.4 is 0 Å². The van der Waals surface area contributed by atoms with Crippen molar-refractivity contribution in [2.24, 2.45) is 0 Å². The number of carbonyl (C=O) groups is 2. The maximum atomic E-state index is 12.8. The van der Waals surface area contributed by atoms with E-state index in [2.05, 4.69) is 6.58 Å². The number of carbonyl (C=O) groups excluding carboxylic acids is 2. The van der Waals surface area contributed by atoms with E-state index < -0.39 is 5.60 Å². The van der Waals surface area contributed by atoms with Crippen molar-refractivity contribution in [2.45, 2.75) is 39.3 Å². The Bertz CT molecular complexity index is 634. The third-order valence-corrected chi connectivity index (χ3v) is 3.95. The first-order valence-corrected chi connectivity index (χ1v) is 8.23. The molecule has 1 heterocycles. The van der Waals surface area contributed by atoms with Gasteiger partial charge in [-0.1, -0.05) is 30.9 Å². The minimum Gasteiger partial charge on any atom is -0.444 e.